The standard InChI is InChI=1S/C15H17BrN2O/c16-13-8-12-2-1-3-14(15(12)18-10-13)17-9-11-4-6-19-7-5-11/h1-3,8,10-11,17H,4-7,9H2. The van der Waals surface area contributed by atoms with Crippen molar-refractivity contribution in [3.8, 4) is 0 Å². The van der Waals surface area contributed by atoms with Crippen molar-refractivity contribution in [2.75, 3.05) is 25.1 Å². The molecule has 1 aliphatic rings. The SMILES string of the molecule is Brc1cnc2c(NCC3CCOCC3)cccc2c1. The van der Waals surface area contributed by atoms with Crippen molar-refractivity contribution < 1.29 is 4.74 Å². The van der Waals surface area contributed by atoms with E-state index in [0.29, 0.717) is 5.92 Å². The fourth-order valence-corrected chi connectivity index (χ4v) is 2.83. The van der Waals surface area contributed by atoms with Crippen LogP contribution in [0, 0.1) is 5.92 Å². The van der Waals surface area contributed by atoms with Gasteiger partial charge in [0, 0.05) is 35.8 Å². The van der Waals surface area contributed by atoms with Gasteiger partial charge in [0.25, 0.3) is 0 Å². The van der Waals surface area contributed by atoms with Gasteiger partial charge in [0.1, 0.15) is 0 Å². The predicted molar refractivity (Wildman–Crippen MR) is 81.5 cm³/mol. The first-order valence-electron chi connectivity index (χ1n) is 6.69. The minimum atomic E-state index is 0.708. The highest BCUT2D eigenvalue weighted by Gasteiger charge is 2.13. The fraction of sp³-hybridized carbons (Fsp3) is 0.400. The number of anilines is 1. The van der Waals surface area contributed by atoms with E-state index in [1.54, 1.807) is 0 Å². The van der Waals surface area contributed by atoms with Crippen molar-refractivity contribution in [2.24, 2.45) is 5.92 Å². The summed E-state index contributed by atoms with van der Waals surface area (Å²) in [5, 5.41) is 4.70. The molecule has 1 aromatic carbocycles. The van der Waals surface area contributed by atoms with Crippen LogP contribution in [0.3, 0.4) is 0 Å². The van der Waals surface area contributed by atoms with Crippen LogP contribution in [-0.2, 0) is 4.74 Å². The van der Waals surface area contributed by atoms with Crippen molar-refractivity contribution in [1.29, 1.82) is 0 Å². The van der Waals surface area contributed by atoms with Gasteiger partial charge in [-0.25, -0.2) is 0 Å². The number of hydrogen-bond acceptors (Lipinski definition) is 3. The molecule has 100 valence electrons. The Morgan fingerprint density at radius 3 is 3.00 bits per heavy atom. The van der Waals surface area contributed by atoms with Crippen LogP contribution in [0.4, 0.5) is 5.69 Å². The van der Waals surface area contributed by atoms with Crippen molar-refractivity contribution in [3.05, 3.63) is 34.9 Å². The molecule has 0 amide bonds. The van der Waals surface area contributed by atoms with Gasteiger partial charge in [0.2, 0.25) is 0 Å². The molecular weight excluding hydrogens is 304 g/mol. The zero-order valence-electron chi connectivity index (χ0n) is 10.7. The molecule has 1 saturated heterocycles. The third-order valence-electron chi connectivity index (χ3n) is 3.60. The topological polar surface area (TPSA) is 34.2 Å². The molecule has 1 aliphatic heterocycles. The maximum absolute atomic E-state index is 5.39. The molecule has 0 saturated carbocycles. The molecule has 0 spiro atoms. The number of fused-ring (bicyclic) bond motifs is 1. The lowest BCUT2D eigenvalue weighted by molar-refractivity contribution is 0.0699. The molecule has 2 aromatic rings. The zero-order valence-corrected chi connectivity index (χ0v) is 12.3. The summed E-state index contributed by atoms with van der Waals surface area (Å²) in [5.41, 5.74) is 2.16. The lowest BCUT2D eigenvalue weighted by Gasteiger charge is -2.22. The Kier molecular flexibility index (Phi) is 3.99. The quantitative estimate of drug-likeness (QED) is 0.933. The lowest BCUT2D eigenvalue weighted by Crippen LogP contribution is -2.22. The van der Waals surface area contributed by atoms with Crippen molar-refractivity contribution in [2.45, 2.75) is 12.8 Å². The Balaban J connectivity index is 1.76. The summed E-state index contributed by atoms with van der Waals surface area (Å²) in [6.45, 7) is 2.79. The molecule has 0 atom stereocenters. The highest BCUT2D eigenvalue weighted by molar-refractivity contribution is 9.10. The van der Waals surface area contributed by atoms with E-state index in [2.05, 4.69) is 50.5 Å². The van der Waals surface area contributed by atoms with Gasteiger partial charge in [0.15, 0.2) is 0 Å². The summed E-state index contributed by atoms with van der Waals surface area (Å²) in [7, 11) is 0. The largest absolute Gasteiger partial charge is 0.383 e. The number of para-hydroxylation sites is 1. The van der Waals surface area contributed by atoms with Gasteiger partial charge in [-0.3, -0.25) is 4.98 Å². The third-order valence-corrected chi connectivity index (χ3v) is 4.03. The second kappa shape index (κ2) is 5.88. The Bertz CT molecular complexity index is 567. The van der Waals surface area contributed by atoms with Gasteiger partial charge in [-0.15, -0.1) is 0 Å². The second-order valence-corrected chi connectivity index (χ2v) is 5.88. The summed E-state index contributed by atoms with van der Waals surface area (Å²) < 4.78 is 6.41. The van der Waals surface area contributed by atoms with Crippen LogP contribution in [0.15, 0.2) is 34.9 Å². The van der Waals surface area contributed by atoms with Gasteiger partial charge in [-0.2, -0.15) is 0 Å². The van der Waals surface area contributed by atoms with Gasteiger partial charge >= 0.3 is 0 Å². The number of nitrogens with one attached hydrogen (secondary N) is 1. The molecule has 3 rings (SSSR count). The fourth-order valence-electron chi connectivity index (χ4n) is 2.48. The molecule has 1 fully saturated rings. The number of rotatable bonds is 3. The number of benzene rings is 1. The van der Waals surface area contributed by atoms with Gasteiger partial charge in [0.05, 0.1) is 11.2 Å². The summed E-state index contributed by atoms with van der Waals surface area (Å²) in [5.74, 6) is 0.708. The van der Waals surface area contributed by atoms with Crippen LogP contribution >= 0.6 is 15.9 Å². The number of halogens is 1. The number of hydrogen-bond donors (Lipinski definition) is 1. The summed E-state index contributed by atoms with van der Waals surface area (Å²) in [6.07, 6.45) is 4.15. The van der Waals surface area contributed by atoms with E-state index in [0.717, 1.165) is 53.7 Å². The van der Waals surface area contributed by atoms with E-state index in [1.165, 1.54) is 0 Å². The van der Waals surface area contributed by atoms with E-state index in [9.17, 15) is 0 Å². The molecule has 0 aliphatic carbocycles. The predicted octanol–water partition coefficient (Wildman–Crippen LogP) is 3.84. The monoisotopic (exact) mass is 320 g/mol. The molecule has 1 aromatic heterocycles. The third kappa shape index (κ3) is 3.07. The van der Waals surface area contributed by atoms with E-state index in [4.69, 9.17) is 4.74 Å². The highest BCUT2D eigenvalue weighted by Crippen LogP contribution is 2.25. The zero-order chi connectivity index (χ0) is 13.1. The normalized spacial score (nSPS) is 16.7. The van der Waals surface area contributed by atoms with Crippen LogP contribution in [0.5, 0.6) is 0 Å². The molecule has 1 N–H and O–H groups in total. The first kappa shape index (κ1) is 12.9. The van der Waals surface area contributed by atoms with Crippen molar-refractivity contribution in [1.82, 2.24) is 4.98 Å². The minimum Gasteiger partial charge on any atom is -0.383 e. The van der Waals surface area contributed by atoms with Crippen LogP contribution in [0.1, 0.15) is 12.8 Å². The molecule has 4 heteroatoms. The average molecular weight is 321 g/mol. The van der Waals surface area contributed by atoms with Crippen molar-refractivity contribution >= 4 is 32.5 Å². The number of nitrogens with zero attached hydrogens (tertiary/aromatic N) is 1. The van der Waals surface area contributed by atoms with Crippen LogP contribution in [0.25, 0.3) is 10.9 Å². The van der Waals surface area contributed by atoms with Crippen LogP contribution in [-0.4, -0.2) is 24.7 Å². The summed E-state index contributed by atoms with van der Waals surface area (Å²) in [6, 6.07) is 8.36. The number of ether oxygens (including phenoxy) is 1. The molecule has 2 heterocycles. The number of pyridine rings is 1. The Hall–Kier alpha value is -1.13. The molecule has 3 nitrogen and oxygen atoms in total. The van der Waals surface area contributed by atoms with E-state index in [-0.39, 0.29) is 0 Å². The molecule has 0 bridgehead atoms. The molecule has 19 heavy (non-hydrogen) atoms. The molecular formula is C15H17BrN2O. The highest BCUT2D eigenvalue weighted by atomic mass is 79.9. The number of aromatic nitrogens is 1. The second-order valence-electron chi connectivity index (χ2n) is 4.97. The smallest absolute Gasteiger partial charge is 0.0934 e. The maximum atomic E-state index is 5.39. The Morgan fingerprint density at radius 1 is 1.32 bits per heavy atom. The molecule has 0 unspecified atom stereocenters. The first-order valence-corrected chi connectivity index (χ1v) is 7.48. The van der Waals surface area contributed by atoms with Gasteiger partial charge in [-0.05, 0) is 46.8 Å². The first-order chi connectivity index (χ1) is 9.33. The van der Waals surface area contributed by atoms with E-state index >= 15 is 0 Å². The van der Waals surface area contributed by atoms with Crippen LogP contribution < -0.4 is 5.32 Å². The van der Waals surface area contributed by atoms with E-state index < -0.39 is 0 Å². The van der Waals surface area contributed by atoms with Crippen LogP contribution in [0.2, 0.25) is 0 Å². The lowest BCUT2D eigenvalue weighted by atomic mass is 10.0. The Morgan fingerprint density at radius 2 is 2.16 bits per heavy atom. The average Bonchev–Trinajstić information content (AvgIpc) is 2.45. The maximum Gasteiger partial charge on any atom is 0.0934 e. The molecule has 0 radical (unpaired) electrons. The van der Waals surface area contributed by atoms with Gasteiger partial charge in [-0.1, -0.05) is 12.1 Å². The van der Waals surface area contributed by atoms with E-state index in [1.807, 2.05) is 6.20 Å². The van der Waals surface area contributed by atoms with Gasteiger partial charge < -0.3 is 10.1 Å². The Labute approximate surface area is 121 Å². The minimum absolute atomic E-state index is 0.708. The summed E-state index contributed by atoms with van der Waals surface area (Å²) >= 11 is 3.46. The summed E-state index contributed by atoms with van der Waals surface area (Å²) in [4.78, 5) is 4.51. The van der Waals surface area contributed by atoms with Crippen molar-refractivity contribution in [3.63, 3.8) is 0 Å².